The van der Waals surface area contributed by atoms with Crippen molar-refractivity contribution in [1.29, 1.82) is 0 Å². The van der Waals surface area contributed by atoms with E-state index in [1.165, 1.54) is 0 Å². The number of nitrogens with zero attached hydrogens (tertiary/aromatic N) is 1. The fraction of sp³-hybridized carbons (Fsp3) is 0.500. The van der Waals surface area contributed by atoms with E-state index in [-0.39, 0.29) is 12.4 Å². The molecule has 0 aromatic rings. The van der Waals surface area contributed by atoms with Crippen LogP contribution < -0.4 is 0 Å². The van der Waals surface area contributed by atoms with Crippen LogP contribution in [0, 0.1) is 0 Å². The minimum absolute atomic E-state index is 0.0226. The van der Waals surface area contributed by atoms with Crippen LogP contribution in [0.3, 0.4) is 0 Å². The Balaban J connectivity index is 2.68. The van der Waals surface area contributed by atoms with Gasteiger partial charge in [-0.15, -0.1) is 0 Å². The maximum absolute atomic E-state index is 11.4. The molecule has 0 aromatic carbocycles. The van der Waals surface area contributed by atoms with E-state index in [2.05, 4.69) is 11.5 Å². The monoisotopic (exact) mass is 251 g/mol. The van der Waals surface area contributed by atoms with Crippen molar-refractivity contribution < 1.29 is 14.6 Å². The maximum atomic E-state index is 11.4. The number of hydrogen-bond acceptors (Lipinski definition) is 4. The summed E-state index contributed by atoms with van der Waals surface area (Å²) in [5.74, 6) is 0.0385. The van der Waals surface area contributed by atoms with Crippen molar-refractivity contribution in [3.63, 3.8) is 0 Å². The van der Waals surface area contributed by atoms with E-state index in [1.807, 2.05) is 13.0 Å². The van der Waals surface area contributed by atoms with Gasteiger partial charge in [0.25, 0.3) is 0 Å². The third-order valence-electron chi connectivity index (χ3n) is 2.81. The van der Waals surface area contributed by atoms with Crippen LogP contribution in [0.2, 0.25) is 0 Å². The van der Waals surface area contributed by atoms with Crippen LogP contribution in [-0.2, 0) is 9.53 Å². The first-order valence-corrected chi connectivity index (χ1v) is 6.23. The minimum Gasteiger partial charge on any atom is -0.392 e. The molecule has 4 heteroatoms. The summed E-state index contributed by atoms with van der Waals surface area (Å²) in [6.45, 7) is 8.49. The first-order valence-electron chi connectivity index (χ1n) is 6.23. The van der Waals surface area contributed by atoms with E-state index in [9.17, 15) is 4.79 Å². The topological polar surface area (TPSA) is 49.8 Å². The van der Waals surface area contributed by atoms with Crippen molar-refractivity contribution in [3.8, 4) is 0 Å². The van der Waals surface area contributed by atoms with Gasteiger partial charge in [-0.2, -0.15) is 0 Å². The van der Waals surface area contributed by atoms with Gasteiger partial charge in [0.15, 0.2) is 5.78 Å². The molecule has 0 unspecified atom stereocenters. The zero-order chi connectivity index (χ0) is 13.4. The molecule has 1 fully saturated rings. The molecule has 0 aromatic heterocycles. The lowest BCUT2D eigenvalue weighted by Gasteiger charge is -2.29. The molecule has 100 valence electrons. The highest BCUT2D eigenvalue weighted by atomic mass is 16.5. The average Bonchev–Trinajstić information content (AvgIpc) is 2.43. The zero-order valence-corrected chi connectivity index (χ0v) is 10.9. The van der Waals surface area contributed by atoms with Gasteiger partial charge in [0.2, 0.25) is 0 Å². The molecule has 1 N–H and O–H groups in total. The Hall–Kier alpha value is -1.39. The lowest BCUT2D eigenvalue weighted by Crippen LogP contribution is -2.35. The summed E-state index contributed by atoms with van der Waals surface area (Å²) in [6, 6.07) is 0. The highest BCUT2D eigenvalue weighted by molar-refractivity contribution is 5.97. The largest absolute Gasteiger partial charge is 0.392 e. The van der Waals surface area contributed by atoms with Crippen molar-refractivity contribution in [2.75, 3.05) is 32.9 Å². The molecule has 0 bridgehead atoms. The number of ether oxygens (including phenoxy) is 1. The van der Waals surface area contributed by atoms with Crippen molar-refractivity contribution in [2.45, 2.75) is 13.3 Å². The summed E-state index contributed by atoms with van der Waals surface area (Å²) in [6.07, 6.45) is 5.73. The molecule has 1 aliphatic heterocycles. The molecule has 1 saturated heterocycles. The van der Waals surface area contributed by atoms with E-state index in [0.29, 0.717) is 25.2 Å². The zero-order valence-electron chi connectivity index (χ0n) is 10.9. The Labute approximate surface area is 108 Å². The number of rotatable bonds is 6. The highest BCUT2D eigenvalue weighted by Crippen LogP contribution is 2.11. The van der Waals surface area contributed by atoms with Crippen molar-refractivity contribution >= 4 is 5.78 Å². The molecule has 0 aliphatic carbocycles. The molecule has 1 rings (SSSR count). The number of aliphatic hydroxyl groups excluding tert-OH is 1. The number of hydrogen-bond donors (Lipinski definition) is 1. The third-order valence-corrected chi connectivity index (χ3v) is 2.81. The van der Waals surface area contributed by atoms with E-state index in [0.717, 1.165) is 18.8 Å². The summed E-state index contributed by atoms with van der Waals surface area (Å²) in [5.41, 5.74) is 1.40. The molecular weight excluding hydrogens is 230 g/mol. The molecular formula is C14H21NO3. The number of aliphatic hydroxyl groups is 1. The predicted octanol–water partition coefficient (Wildman–Crippen LogP) is 1.29. The Morgan fingerprint density at radius 3 is 2.61 bits per heavy atom. The van der Waals surface area contributed by atoms with Crippen LogP contribution in [0.4, 0.5) is 0 Å². The number of allylic oxidation sites excluding steroid dienone is 3. The second-order valence-electron chi connectivity index (χ2n) is 4.05. The van der Waals surface area contributed by atoms with Crippen LogP contribution in [-0.4, -0.2) is 48.7 Å². The van der Waals surface area contributed by atoms with Gasteiger partial charge in [0.05, 0.1) is 19.8 Å². The normalized spacial score (nSPS) is 17.2. The van der Waals surface area contributed by atoms with Crippen LogP contribution in [0.1, 0.15) is 13.3 Å². The number of morpholine rings is 1. The van der Waals surface area contributed by atoms with Gasteiger partial charge >= 0.3 is 0 Å². The summed E-state index contributed by atoms with van der Waals surface area (Å²) in [4.78, 5) is 13.5. The molecule has 0 amide bonds. The fourth-order valence-corrected chi connectivity index (χ4v) is 1.72. The Bertz CT molecular complexity index is 352. The Kier molecular flexibility index (Phi) is 6.39. The van der Waals surface area contributed by atoms with Gasteiger partial charge in [-0.05, 0) is 18.2 Å². The minimum atomic E-state index is -0.0226. The molecule has 0 radical (unpaired) electrons. The van der Waals surface area contributed by atoms with Gasteiger partial charge < -0.3 is 14.7 Å². The second-order valence-corrected chi connectivity index (χ2v) is 4.05. The lowest BCUT2D eigenvalue weighted by atomic mass is 10.1. The summed E-state index contributed by atoms with van der Waals surface area (Å²) in [7, 11) is 0. The molecule has 1 heterocycles. The van der Waals surface area contributed by atoms with Gasteiger partial charge in [0, 0.05) is 30.8 Å². The highest BCUT2D eigenvalue weighted by Gasteiger charge is 2.11. The van der Waals surface area contributed by atoms with E-state index >= 15 is 0 Å². The Morgan fingerprint density at radius 1 is 1.39 bits per heavy atom. The van der Waals surface area contributed by atoms with Crippen molar-refractivity contribution in [1.82, 2.24) is 4.90 Å². The molecule has 1 aliphatic rings. The van der Waals surface area contributed by atoms with Crippen LogP contribution in [0.25, 0.3) is 0 Å². The molecule has 0 spiro atoms. The van der Waals surface area contributed by atoms with Gasteiger partial charge in [-0.25, -0.2) is 0 Å². The fourth-order valence-electron chi connectivity index (χ4n) is 1.72. The van der Waals surface area contributed by atoms with Crippen LogP contribution in [0.5, 0.6) is 0 Å². The first kappa shape index (κ1) is 14.7. The maximum Gasteiger partial charge on any atom is 0.162 e. The number of carbonyl (C=O) groups excluding carboxylic acids is 1. The van der Waals surface area contributed by atoms with E-state index < -0.39 is 0 Å². The number of Topliss-reactive ketones (excluding diaryl/α,β-unsaturated/α-hetero) is 1. The van der Waals surface area contributed by atoms with Crippen molar-refractivity contribution in [3.05, 3.63) is 36.1 Å². The number of carbonyl (C=O) groups is 1. The van der Waals surface area contributed by atoms with Crippen LogP contribution >= 0.6 is 0 Å². The lowest BCUT2D eigenvalue weighted by molar-refractivity contribution is -0.114. The molecule has 18 heavy (non-hydrogen) atoms. The summed E-state index contributed by atoms with van der Waals surface area (Å²) < 4.78 is 5.28. The molecule has 4 nitrogen and oxygen atoms in total. The van der Waals surface area contributed by atoms with Crippen molar-refractivity contribution in [2.24, 2.45) is 0 Å². The predicted molar refractivity (Wildman–Crippen MR) is 71.1 cm³/mol. The summed E-state index contributed by atoms with van der Waals surface area (Å²) in [5, 5.41) is 9.03. The number of ketones is 1. The smallest absolute Gasteiger partial charge is 0.162 e. The summed E-state index contributed by atoms with van der Waals surface area (Å²) >= 11 is 0. The average molecular weight is 251 g/mol. The van der Waals surface area contributed by atoms with E-state index in [1.54, 1.807) is 12.2 Å². The van der Waals surface area contributed by atoms with Gasteiger partial charge in [-0.3, -0.25) is 4.79 Å². The van der Waals surface area contributed by atoms with Crippen LogP contribution in [0.15, 0.2) is 36.1 Å². The second kappa shape index (κ2) is 7.84. The molecule has 0 saturated carbocycles. The third kappa shape index (κ3) is 4.47. The van der Waals surface area contributed by atoms with E-state index in [4.69, 9.17) is 9.84 Å². The first-order chi connectivity index (χ1) is 8.69. The SMILES string of the molecule is C=C(/C=C\C(=C/CO)N1CCOCC1)C(=O)CC. The standard InChI is InChI=1S/C14H21NO3/c1-3-14(17)12(2)4-5-13(6-9-16)15-7-10-18-11-8-15/h4-6,16H,2-3,7-11H2,1H3/b5-4-,13-6+. The Morgan fingerprint density at radius 2 is 2.06 bits per heavy atom. The molecule has 0 atom stereocenters. The van der Waals surface area contributed by atoms with Gasteiger partial charge in [0.1, 0.15) is 0 Å². The van der Waals surface area contributed by atoms with Gasteiger partial charge in [-0.1, -0.05) is 13.5 Å². The quantitative estimate of drug-likeness (QED) is 0.571.